The number of esters is 1. The number of rotatable bonds is 8. The van der Waals surface area contributed by atoms with E-state index in [1.807, 2.05) is 24.3 Å². The van der Waals surface area contributed by atoms with Gasteiger partial charge in [0.05, 0.1) is 19.4 Å². The van der Waals surface area contributed by atoms with E-state index in [1.54, 1.807) is 14.0 Å². The third kappa shape index (κ3) is 5.09. The molecule has 2 N–H and O–H groups in total. The van der Waals surface area contributed by atoms with E-state index in [0.29, 0.717) is 19.1 Å². The Bertz CT molecular complexity index is 778. The molecule has 0 unspecified atom stereocenters. The van der Waals surface area contributed by atoms with Crippen molar-refractivity contribution in [2.45, 2.75) is 39.2 Å². The molecule has 1 heterocycles. The van der Waals surface area contributed by atoms with Gasteiger partial charge in [-0.05, 0) is 50.3 Å². The summed E-state index contributed by atoms with van der Waals surface area (Å²) in [4.78, 5) is 20.8. The molecule has 0 aliphatic heterocycles. The topological polar surface area (TPSA) is 85.4 Å². The van der Waals surface area contributed by atoms with Gasteiger partial charge in [0.1, 0.15) is 18.1 Å². The summed E-state index contributed by atoms with van der Waals surface area (Å²) < 4.78 is 10.1. The van der Waals surface area contributed by atoms with Crippen LogP contribution >= 0.6 is 0 Å². The molecule has 0 radical (unpaired) electrons. The average Bonchev–Trinajstić information content (AvgIpc) is 2.71. The van der Waals surface area contributed by atoms with Crippen LogP contribution in [0.15, 0.2) is 24.3 Å². The third-order valence-electron chi connectivity index (χ3n) is 4.50. The normalized spacial score (nSPS) is 12.8. The van der Waals surface area contributed by atoms with Crippen molar-refractivity contribution in [1.29, 1.82) is 0 Å². The summed E-state index contributed by atoms with van der Waals surface area (Å²) in [7, 11) is 1.66. The summed E-state index contributed by atoms with van der Waals surface area (Å²) in [5.74, 6) is 1.82. The molecule has 3 rings (SSSR count). The van der Waals surface area contributed by atoms with Gasteiger partial charge in [-0.15, -0.1) is 0 Å². The number of nitrogens with zero attached hydrogens (tertiary/aromatic N) is 2. The summed E-state index contributed by atoms with van der Waals surface area (Å²) in [6.07, 6.45) is 4.17. The van der Waals surface area contributed by atoms with Gasteiger partial charge >= 0.3 is 5.97 Å². The zero-order chi connectivity index (χ0) is 19.1. The lowest BCUT2D eigenvalue weighted by molar-refractivity contribution is -0.140. The van der Waals surface area contributed by atoms with Crippen molar-refractivity contribution >= 4 is 17.7 Å². The van der Waals surface area contributed by atoms with Crippen LogP contribution in [-0.4, -0.2) is 36.2 Å². The molecule has 1 aromatic carbocycles. The lowest BCUT2D eigenvalue weighted by atomic mass is 9.96. The molecule has 144 valence electrons. The van der Waals surface area contributed by atoms with Gasteiger partial charge in [0.25, 0.3) is 0 Å². The number of carbonyl (C=O) groups excluding carboxylic acids is 1. The number of anilines is 2. The Morgan fingerprint density at radius 2 is 1.89 bits per heavy atom. The van der Waals surface area contributed by atoms with Crippen LogP contribution in [0.5, 0.6) is 5.75 Å². The van der Waals surface area contributed by atoms with Crippen molar-refractivity contribution in [3.63, 3.8) is 0 Å². The second kappa shape index (κ2) is 9.21. The fraction of sp³-hybridized carbons (Fsp3) is 0.450. The number of carbonyl (C=O) groups is 1. The van der Waals surface area contributed by atoms with Crippen LogP contribution < -0.4 is 15.4 Å². The van der Waals surface area contributed by atoms with Crippen molar-refractivity contribution in [1.82, 2.24) is 9.97 Å². The van der Waals surface area contributed by atoms with Crippen molar-refractivity contribution < 1.29 is 14.3 Å². The lowest BCUT2D eigenvalue weighted by Crippen LogP contribution is -2.20. The highest BCUT2D eigenvalue weighted by molar-refractivity contribution is 5.74. The highest BCUT2D eigenvalue weighted by Gasteiger charge is 2.18. The van der Waals surface area contributed by atoms with Crippen LogP contribution in [0.2, 0.25) is 0 Å². The Labute approximate surface area is 159 Å². The molecule has 0 saturated carbocycles. The van der Waals surface area contributed by atoms with E-state index in [4.69, 9.17) is 9.47 Å². The van der Waals surface area contributed by atoms with Crippen LogP contribution in [0.1, 0.15) is 36.6 Å². The van der Waals surface area contributed by atoms with Gasteiger partial charge in [0, 0.05) is 12.1 Å². The van der Waals surface area contributed by atoms with Crippen molar-refractivity contribution in [3.8, 4) is 5.75 Å². The van der Waals surface area contributed by atoms with Crippen molar-refractivity contribution in [2.24, 2.45) is 0 Å². The number of benzene rings is 1. The van der Waals surface area contributed by atoms with Gasteiger partial charge in [-0.3, -0.25) is 4.79 Å². The molecule has 0 bridgehead atoms. The second-order valence-corrected chi connectivity index (χ2v) is 6.39. The highest BCUT2D eigenvalue weighted by Crippen LogP contribution is 2.27. The van der Waals surface area contributed by atoms with Gasteiger partial charge in [-0.25, -0.2) is 4.98 Å². The molecule has 0 fully saturated rings. The zero-order valence-electron chi connectivity index (χ0n) is 15.9. The number of hydrogen-bond acceptors (Lipinski definition) is 7. The first-order valence-electron chi connectivity index (χ1n) is 9.35. The fourth-order valence-corrected chi connectivity index (χ4v) is 3.11. The maximum Gasteiger partial charge on any atom is 0.325 e. The summed E-state index contributed by atoms with van der Waals surface area (Å²) in [6, 6.07) is 7.94. The molecule has 0 atom stereocenters. The summed E-state index contributed by atoms with van der Waals surface area (Å²) >= 11 is 0. The first-order chi connectivity index (χ1) is 13.2. The van der Waals surface area contributed by atoms with E-state index in [-0.39, 0.29) is 12.5 Å². The zero-order valence-corrected chi connectivity index (χ0v) is 15.9. The Hall–Kier alpha value is -2.83. The average molecular weight is 370 g/mol. The Kier molecular flexibility index (Phi) is 6.46. The molecule has 2 aromatic rings. The Morgan fingerprint density at radius 1 is 1.11 bits per heavy atom. The van der Waals surface area contributed by atoms with Gasteiger partial charge < -0.3 is 20.1 Å². The molecule has 27 heavy (non-hydrogen) atoms. The Morgan fingerprint density at radius 3 is 2.63 bits per heavy atom. The van der Waals surface area contributed by atoms with Crippen LogP contribution in [0, 0.1) is 0 Å². The van der Waals surface area contributed by atoms with Crippen LogP contribution in [0.4, 0.5) is 11.8 Å². The van der Waals surface area contributed by atoms with Gasteiger partial charge in [-0.2, -0.15) is 4.98 Å². The van der Waals surface area contributed by atoms with Crippen molar-refractivity contribution in [2.75, 3.05) is 30.9 Å². The smallest absolute Gasteiger partial charge is 0.325 e. The van der Waals surface area contributed by atoms with E-state index in [9.17, 15) is 4.79 Å². The van der Waals surface area contributed by atoms with Crippen LogP contribution in [0.25, 0.3) is 0 Å². The third-order valence-corrected chi connectivity index (χ3v) is 4.50. The lowest BCUT2D eigenvalue weighted by Gasteiger charge is -2.20. The molecule has 0 spiro atoms. The molecular formula is C20H26N4O3. The molecular weight excluding hydrogens is 344 g/mol. The number of aryl methyl sites for hydroxylation is 1. The monoisotopic (exact) mass is 370 g/mol. The van der Waals surface area contributed by atoms with Gasteiger partial charge in [0.15, 0.2) is 0 Å². The number of fused-ring (bicyclic) bond motifs is 1. The maximum absolute atomic E-state index is 11.6. The van der Waals surface area contributed by atoms with E-state index in [2.05, 4.69) is 20.6 Å². The fourth-order valence-electron chi connectivity index (χ4n) is 3.11. The molecule has 1 aliphatic rings. The van der Waals surface area contributed by atoms with Gasteiger partial charge in [0.2, 0.25) is 5.95 Å². The maximum atomic E-state index is 11.6. The molecule has 1 aromatic heterocycles. The SMILES string of the molecule is CCOC(=O)CNc1nc2c(c(NCc3ccc(OC)cc3)n1)CCCC2. The molecule has 7 heteroatoms. The minimum absolute atomic E-state index is 0.0601. The predicted octanol–water partition coefficient (Wildman–Crippen LogP) is 2.95. The molecule has 7 nitrogen and oxygen atoms in total. The number of aromatic nitrogens is 2. The van der Waals surface area contributed by atoms with E-state index in [0.717, 1.165) is 48.5 Å². The number of nitrogens with one attached hydrogen (secondary N) is 2. The molecule has 0 amide bonds. The second-order valence-electron chi connectivity index (χ2n) is 6.39. The number of hydrogen-bond donors (Lipinski definition) is 2. The van der Waals surface area contributed by atoms with Crippen LogP contribution in [-0.2, 0) is 28.9 Å². The first-order valence-corrected chi connectivity index (χ1v) is 9.35. The summed E-state index contributed by atoms with van der Waals surface area (Å²) in [5.41, 5.74) is 3.37. The molecule has 1 aliphatic carbocycles. The highest BCUT2D eigenvalue weighted by atomic mass is 16.5. The predicted molar refractivity (Wildman–Crippen MR) is 104 cm³/mol. The molecule has 0 saturated heterocycles. The first kappa shape index (κ1) is 18.9. The van der Waals surface area contributed by atoms with E-state index >= 15 is 0 Å². The quantitative estimate of drug-likeness (QED) is 0.691. The van der Waals surface area contributed by atoms with Gasteiger partial charge in [-0.1, -0.05) is 12.1 Å². The minimum Gasteiger partial charge on any atom is -0.497 e. The standard InChI is InChI=1S/C20H26N4O3/c1-3-27-18(25)13-22-20-23-17-7-5-4-6-16(17)19(24-20)21-12-14-8-10-15(26-2)11-9-14/h8-11H,3-7,12-13H2,1-2H3,(H2,21,22,23,24). The van der Waals surface area contributed by atoms with E-state index < -0.39 is 0 Å². The van der Waals surface area contributed by atoms with E-state index in [1.165, 1.54) is 5.56 Å². The van der Waals surface area contributed by atoms with Crippen molar-refractivity contribution in [3.05, 3.63) is 41.1 Å². The van der Waals surface area contributed by atoms with Crippen LogP contribution in [0.3, 0.4) is 0 Å². The number of ether oxygens (including phenoxy) is 2. The minimum atomic E-state index is -0.313. The Balaban J connectivity index is 1.73. The summed E-state index contributed by atoms with van der Waals surface area (Å²) in [5, 5.41) is 6.41. The summed E-state index contributed by atoms with van der Waals surface area (Å²) in [6.45, 7) is 2.87. The largest absolute Gasteiger partial charge is 0.497 e. The number of methoxy groups -OCH3 is 1.